The molecular weight excluding hydrogens is 454 g/mol. The summed E-state index contributed by atoms with van der Waals surface area (Å²) in [6.07, 6.45) is 3.69. The van der Waals surface area contributed by atoms with E-state index in [-0.39, 0.29) is 33.6 Å². The maximum absolute atomic E-state index is 13.7. The molecule has 1 aliphatic carbocycles. The van der Waals surface area contributed by atoms with Gasteiger partial charge in [-0.15, -0.1) is 11.3 Å². The van der Waals surface area contributed by atoms with Crippen molar-refractivity contribution in [1.29, 1.82) is 0 Å². The zero-order chi connectivity index (χ0) is 23.6. The fourth-order valence-corrected chi connectivity index (χ4v) is 6.27. The number of fused-ring (bicyclic) bond motifs is 6. The highest BCUT2D eigenvalue weighted by molar-refractivity contribution is 7.18. The second-order valence-electron chi connectivity index (χ2n) is 8.39. The smallest absolute Gasteiger partial charge is 0.269 e. The number of nitro benzene ring substituents is 1. The van der Waals surface area contributed by atoms with Crippen molar-refractivity contribution >= 4 is 49.4 Å². The Bertz CT molecular complexity index is 1790. The van der Waals surface area contributed by atoms with Crippen LogP contribution >= 0.6 is 11.3 Å². The zero-order valence-corrected chi connectivity index (χ0v) is 18.6. The van der Waals surface area contributed by atoms with Gasteiger partial charge in [0.05, 0.1) is 15.9 Å². The van der Waals surface area contributed by atoms with Gasteiger partial charge in [-0.1, -0.05) is 18.2 Å². The Morgan fingerprint density at radius 3 is 2.44 bits per heavy atom. The molecule has 0 radical (unpaired) electrons. The highest BCUT2D eigenvalue weighted by Crippen LogP contribution is 2.35. The molecule has 5 aromatic rings. The Labute approximate surface area is 195 Å². The van der Waals surface area contributed by atoms with Crippen molar-refractivity contribution in [2.45, 2.75) is 25.7 Å². The molecule has 0 spiro atoms. The number of nitrogens with one attached hydrogen (secondary N) is 1. The summed E-state index contributed by atoms with van der Waals surface area (Å²) >= 11 is 1.44. The minimum absolute atomic E-state index is 0.130. The molecule has 0 atom stereocenters. The Morgan fingerprint density at radius 2 is 1.71 bits per heavy atom. The molecule has 8 nitrogen and oxygen atoms in total. The second kappa shape index (κ2) is 7.46. The molecule has 1 N–H and O–H groups in total. The van der Waals surface area contributed by atoms with Crippen LogP contribution in [0.2, 0.25) is 0 Å². The number of nitro groups is 1. The van der Waals surface area contributed by atoms with Crippen LogP contribution in [0.4, 0.5) is 5.69 Å². The van der Waals surface area contributed by atoms with Crippen LogP contribution in [0.1, 0.15) is 39.2 Å². The van der Waals surface area contributed by atoms with Crippen LogP contribution in [-0.4, -0.2) is 20.1 Å². The zero-order valence-electron chi connectivity index (χ0n) is 17.8. The number of non-ortho nitro benzene ring substituents is 1. The lowest BCUT2D eigenvalue weighted by Crippen LogP contribution is -2.23. The number of hydrogen-bond donors (Lipinski definition) is 1. The Hall–Kier alpha value is -4.11. The van der Waals surface area contributed by atoms with Crippen molar-refractivity contribution in [3.63, 3.8) is 0 Å². The Balaban J connectivity index is 1.74. The van der Waals surface area contributed by atoms with Gasteiger partial charge in [-0.3, -0.25) is 28.9 Å². The molecule has 0 saturated heterocycles. The Morgan fingerprint density at radius 1 is 1.00 bits per heavy atom. The number of rotatable bonds is 3. The molecule has 9 heteroatoms. The number of pyridine rings is 1. The van der Waals surface area contributed by atoms with Crippen LogP contribution in [0.25, 0.3) is 26.6 Å². The van der Waals surface area contributed by atoms with E-state index in [1.54, 1.807) is 24.3 Å². The van der Waals surface area contributed by atoms with Crippen molar-refractivity contribution in [3.8, 4) is 0 Å². The van der Waals surface area contributed by atoms with Gasteiger partial charge in [-0.05, 0) is 49.4 Å². The number of H-pyrrole nitrogens is 1. The molecule has 0 aliphatic heterocycles. The predicted molar refractivity (Wildman–Crippen MR) is 130 cm³/mol. The molecule has 6 rings (SSSR count). The van der Waals surface area contributed by atoms with Crippen LogP contribution in [0.15, 0.2) is 58.1 Å². The van der Waals surface area contributed by atoms with Gasteiger partial charge in [0.15, 0.2) is 5.78 Å². The molecule has 0 saturated carbocycles. The lowest BCUT2D eigenvalue weighted by atomic mass is 9.96. The summed E-state index contributed by atoms with van der Waals surface area (Å²) in [6, 6.07) is 12.1. The van der Waals surface area contributed by atoms with E-state index in [1.807, 2.05) is 0 Å². The second-order valence-corrected chi connectivity index (χ2v) is 9.47. The highest BCUT2D eigenvalue weighted by Gasteiger charge is 2.25. The summed E-state index contributed by atoms with van der Waals surface area (Å²) in [4.78, 5) is 55.6. The number of ketones is 1. The molecule has 168 valence electrons. The first-order valence-electron chi connectivity index (χ1n) is 10.9. The van der Waals surface area contributed by atoms with E-state index in [4.69, 9.17) is 0 Å². The van der Waals surface area contributed by atoms with Gasteiger partial charge in [0, 0.05) is 33.3 Å². The van der Waals surface area contributed by atoms with E-state index in [9.17, 15) is 24.5 Å². The molecule has 1 aliphatic rings. The lowest BCUT2D eigenvalue weighted by molar-refractivity contribution is -0.384. The minimum atomic E-state index is -0.534. The average Bonchev–Trinajstić information content (AvgIpc) is 3.24. The quantitative estimate of drug-likeness (QED) is 0.182. The molecule has 3 aromatic heterocycles. The van der Waals surface area contributed by atoms with Crippen molar-refractivity contribution in [2.24, 2.45) is 0 Å². The van der Waals surface area contributed by atoms with E-state index >= 15 is 0 Å². The van der Waals surface area contributed by atoms with Crippen molar-refractivity contribution in [1.82, 2.24) is 9.38 Å². The molecule has 0 fully saturated rings. The third-order valence-electron chi connectivity index (χ3n) is 6.47. The molecule has 34 heavy (non-hydrogen) atoms. The largest absolute Gasteiger partial charge is 0.307 e. The van der Waals surface area contributed by atoms with E-state index in [0.717, 1.165) is 36.1 Å². The van der Waals surface area contributed by atoms with Crippen LogP contribution < -0.4 is 11.1 Å². The van der Waals surface area contributed by atoms with Crippen LogP contribution in [0.3, 0.4) is 0 Å². The highest BCUT2D eigenvalue weighted by atomic mass is 32.1. The molecule has 0 unspecified atom stereocenters. The van der Waals surface area contributed by atoms with E-state index in [1.165, 1.54) is 40.0 Å². The van der Waals surface area contributed by atoms with Gasteiger partial charge in [-0.2, -0.15) is 0 Å². The number of nitrogens with zero attached hydrogens (tertiary/aromatic N) is 2. The molecule has 0 amide bonds. The number of benzene rings is 2. The SMILES string of the molecule is O=C(c1ccc([N+](=O)[O-])cc1)c1c2ccccc2c(=O)n2c1[nH]c(=O)c1c3c(sc12)CCCC3. The summed E-state index contributed by atoms with van der Waals surface area (Å²) in [5, 5.41) is 12.3. The molecule has 0 bridgehead atoms. The number of aromatic nitrogens is 2. The number of thiophene rings is 1. The summed E-state index contributed by atoms with van der Waals surface area (Å²) in [6.45, 7) is 0. The number of aromatic amines is 1. The standard InChI is InChI=1S/C25H17N3O5S/c29-21(13-9-11-14(12-10-13)28(32)33)19-15-5-1-2-6-16(15)24(31)27-22(19)26-23(30)20-17-7-3-4-8-18(17)34-25(20)27/h1-2,5-6,9-12H,3-4,7-8H2,(H,26,30). The predicted octanol–water partition coefficient (Wildman–Crippen LogP) is 4.37. The minimum Gasteiger partial charge on any atom is -0.307 e. The van der Waals surface area contributed by atoms with Crippen LogP contribution in [0, 0.1) is 10.1 Å². The van der Waals surface area contributed by atoms with E-state index < -0.39 is 10.7 Å². The van der Waals surface area contributed by atoms with Gasteiger partial charge in [-0.25, -0.2) is 0 Å². The first-order valence-corrected chi connectivity index (χ1v) is 11.7. The first-order chi connectivity index (χ1) is 16.5. The number of carbonyl (C=O) groups excluding carboxylic acids is 1. The average molecular weight is 471 g/mol. The van der Waals surface area contributed by atoms with Crippen molar-refractivity contribution in [2.75, 3.05) is 0 Å². The van der Waals surface area contributed by atoms with E-state index in [0.29, 0.717) is 21.0 Å². The van der Waals surface area contributed by atoms with Gasteiger partial charge in [0.2, 0.25) is 0 Å². The first kappa shape index (κ1) is 20.5. The third-order valence-corrected chi connectivity index (χ3v) is 7.75. The molecule has 3 heterocycles. The summed E-state index contributed by atoms with van der Waals surface area (Å²) in [5.41, 5.74) is 0.806. The molecular formula is C25H17N3O5S. The third kappa shape index (κ3) is 2.87. The van der Waals surface area contributed by atoms with E-state index in [2.05, 4.69) is 4.98 Å². The summed E-state index contributed by atoms with van der Waals surface area (Å²) in [7, 11) is 0. The fourth-order valence-electron chi connectivity index (χ4n) is 4.88. The number of hydrogen-bond acceptors (Lipinski definition) is 6. The Kier molecular flexibility index (Phi) is 4.50. The maximum atomic E-state index is 13.7. The topological polar surface area (TPSA) is 115 Å². The van der Waals surface area contributed by atoms with Gasteiger partial charge in [0.1, 0.15) is 10.5 Å². The lowest BCUT2D eigenvalue weighted by Gasteiger charge is -2.12. The van der Waals surface area contributed by atoms with Gasteiger partial charge < -0.3 is 4.98 Å². The van der Waals surface area contributed by atoms with Crippen LogP contribution in [0.5, 0.6) is 0 Å². The van der Waals surface area contributed by atoms with Crippen molar-refractivity contribution < 1.29 is 9.72 Å². The monoisotopic (exact) mass is 471 g/mol. The normalized spacial score (nSPS) is 13.4. The fraction of sp³-hybridized carbons (Fsp3) is 0.160. The summed E-state index contributed by atoms with van der Waals surface area (Å²) in [5.74, 6) is -0.431. The maximum Gasteiger partial charge on any atom is 0.269 e. The number of aryl methyl sites for hydroxylation is 2. The van der Waals surface area contributed by atoms with Gasteiger partial charge >= 0.3 is 0 Å². The summed E-state index contributed by atoms with van der Waals surface area (Å²) < 4.78 is 1.46. The van der Waals surface area contributed by atoms with Crippen LogP contribution in [-0.2, 0) is 12.8 Å². The number of carbonyl (C=O) groups is 1. The molecule has 2 aromatic carbocycles. The van der Waals surface area contributed by atoms with Gasteiger partial charge in [0.25, 0.3) is 16.8 Å². The van der Waals surface area contributed by atoms with Crippen molar-refractivity contribution in [3.05, 3.63) is 101 Å².